The molecule has 334 valence electrons. The predicted octanol–water partition coefficient (Wildman–Crippen LogP) is 13.6. The van der Waals surface area contributed by atoms with Gasteiger partial charge in [0.2, 0.25) is 0 Å². The van der Waals surface area contributed by atoms with Crippen LogP contribution < -0.4 is 0 Å². The Morgan fingerprint density at radius 2 is 1.19 bits per heavy atom. The average Bonchev–Trinajstić information content (AvgIpc) is 3.23. The van der Waals surface area contributed by atoms with Crippen LogP contribution in [0.3, 0.4) is 0 Å². The van der Waals surface area contributed by atoms with Crippen molar-refractivity contribution in [1.29, 1.82) is 0 Å². The molecule has 0 aromatic heterocycles. The van der Waals surface area contributed by atoms with Gasteiger partial charge in [0.1, 0.15) is 6.10 Å². The number of nitrogens with zero attached hydrogens (tertiary/aromatic N) is 1. The number of thioether (sulfide) groups is 1. The van der Waals surface area contributed by atoms with Crippen LogP contribution in [0.15, 0.2) is 0 Å². The number of unbranched alkanes of at least 4 members (excludes halogenated alkanes) is 5. The van der Waals surface area contributed by atoms with Crippen LogP contribution in [0.2, 0.25) is 0 Å². The fourth-order valence-corrected chi connectivity index (χ4v) is 11.9. The minimum absolute atomic E-state index is 0.0199. The summed E-state index contributed by atoms with van der Waals surface area (Å²) in [5.74, 6) is 4.06. The highest BCUT2D eigenvalue weighted by Gasteiger charge is 2.29. The topological polar surface area (TPSA) is 76.1 Å². The number of carbonyl (C=O) groups is 2. The molecule has 3 aliphatic carbocycles. The molecule has 3 saturated carbocycles. The molecule has 0 spiro atoms. The second-order valence-electron chi connectivity index (χ2n) is 19.0. The second kappa shape index (κ2) is 32.9. The molecule has 57 heavy (non-hydrogen) atoms. The summed E-state index contributed by atoms with van der Waals surface area (Å²) in [6, 6.07) is 0.549. The minimum Gasteiger partial charge on any atom is -0.466 e. The second-order valence-corrected chi connectivity index (χ2v) is 20.4. The first kappa shape index (κ1) is 50.6. The Morgan fingerprint density at radius 1 is 0.632 bits per heavy atom. The maximum absolute atomic E-state index is 13.0. The van der Waals surface area contributed by atoms with E-state index in [0.717, 1.165) is 62.8 Å². The largest absolute Gasteiger partial charge is 0.466 e. The van der Waals surface area contributed by atoms with Crippen LogP contribution in [0.4, 0.5) is 0 Å². The van der Waals surface area contributed by atoms with Crippen molar-refractivity contribution in [3.8, 4) is 0 Å². The lowest BCUT2D eigenvalue weighted by Gasteiger charge is -2.32. The van der Waals surface area contributed by atoms with Crippen molar-refractivity contribution in [2.75, 3.05) is 32.6 Å². The van der Waals surface area contributed by atoms with Gasteiger partial charge in [-0.15, -0.1) is 0 Å². The number of rotatable bonds is 33. The Hall–Kier alpha value is -0.790. The van der Waals surface area contributed by atoms with Gasteiger partial charge in [0, 0.05) is 30.7 Å². The van der Waals surface area contributed by atoms with E-state index in [1.165, 1.54) is 173 Å². The van der Waals surface area contributed by atoms with Gasteiger partial charge in [0.15, 0.2) is 0 Å². The van der Waals surface area contributed by atoms with Crippen molar-refractivity contribution in [1.82, 2.24) is 4.90 Å². The first-order chi connectivity index (χ1) is 27.9. The molecule has 0 aromatic rings. The number of esters is 2. The van der Waals surface area contributed by atoms with Crippen LogP contribution in [0, 0.1) is 23.7 Å². The summed E-state index contributed by atoms with van der Waals surface area (Å²) in [6.45, 7) is 6.50. The Labute approximate surface area is 357 Å². The Morgan fingerprint density at radius 3 is 1.79 bits per heavy atom. The fraction of sp³-hybridized carbons (Fsp3) is 0.960. The zero-order valence-corrected chi connectivity index (χ0v) is 38.7. The van der Waals surface area contributed by atoms with E-state index in [0.29, 0.717) is 36.7 Å². The SMILES string of the molecule is CCCCCC(CCOC(=O)CCC1CCCCC1)CCC(CCC(CCCCC)CCSC1CCCCC1OC(=O)CCC1CCCCC1)N(C)CCCCO. The van der Waals surface area contributed by atoms with Gasteiger partial charge >= 0.3 is 11.9 Å². The highest BCUT2D eigenvalue weighted by molar-refractivity contribution is 7.99. The normalized spacial score (nSPS) is 21.4. The number of ether oxygens (including phenoxy) is 2. The zero-order chi connectivity index (χ0) is 40.8. The van der Waals surface area contributed by atoms with Crippen LogP contribution >= 0.6 is 11.8 Å². The van der Waals surface area contributed by atoms with E-state index >= 15 is 0 Å². The summed E-state index contributed by atoms with van der Waals surface area (Å²) < 4.78 is 12.1. The molecule has 0 aliphatic heterocycles. The van der Waals surface area contributed by atoms with Gasteiger partial charge < -0.3 is 19.5 Å². The highest BCUT2D eigenvalue weighted by atomic mass is 32.2. The van der Waals surface area contributed by atoms with Crippen LogP contribution in [0.25, 0.3) is 0 Å². The molecule has 5 unspecified atom stereocenters. The van der Waals surface area contributed by atoms with E-state index < -0.39 is 0 Å². The van der Waals surface area contributed by atoms with Crippen LogP contribution in [0.1, 0.15) is 232 Å². The molecule has 1 N–H and O–H groups in total. The Bertz CT molecular complexity index is 984. The lowest BCUT2D eigenvalue weighted by Crippen LogP contribution is -2.34. The highest BCUT2D eigenvalue weighted by Crippen LogP contribution is 2.35. The predicted molar refractivity (Wildman–Crippen MR) is 243 cm³/mol. The minimum atomic E-state index is 0.0199. The van der Waals surface area contributed by atoms with E-state index in [-0.39, 0.29) is 24.6 Å². The molecule has 3 aliphatic rings. The molecule has 0 saturated heterocycles. The maximum atomic E-state index is 13.0. The van der Waals surface area contributed by atoms with Crippen molar-refractivity contribution in [2.24, 2.45) is 23.7 Å². The van der Waals surface area contributed by atoms with Crippen molar-refractivity contribution >= 4 is 23.7 Å². The average molecular weight is 820 g/mol. The molecule has 7 heteroatoms. The molecule has 0 radical (unpaired) electrons. The third-order valence-corrected chi connectivity index (χ3v) is 15.8. The summed E-state index contributed by atoms with van der Waals surface area (Å²) in [5.41, 5.74) is 0. The van der Waals surface area contributed by atoms with Gasteiger partial charge in [-0.05, 0) is 126 Å². The quantitative estimate of drug-likeness (QED) is 0.0522. The number of hydrogen-bond acceptors (Lipinski definition) is 7. The molecule has 0 aromatic carbocycles. The van der Waals surface area contributed by atoms with Gasteiger partial charge in [-0.2, -0.15) is 11.8 Å². The smallest absolute Gasteiger partial charge is 0.306 e. The lowest BCUT2D eigenvalue weighted by atomic mass is 9.86. The summed E-state index contributed by atoms with van der Waals surface area (Å²) in [7, 11) is 2.32. The number of aliphatic hydroxyl groups is 1. The number of hydrogen-bond donors (Lipinski definition) is 1. The monoisotopic (exact) mass is 820 g/mol. The van der Waals surface area contributed by atoms with Crippen molar-refractivity contribution in [3.05, 3.63) is 0 Å². The third kappa shape index (κ3) is 23.7. The van der Waals surface area contributed by atoms with Crippen LogP contribution in [-0.2, 0) is 19.1 Å². The standard InChI is InChI=1S/C50H93NO5S/c1-4-6-10-20-44(36-40-55-49(53)34-30-42-22-12-8-13-23-42)28-32-46(51(3)38-18-19-39-52)33-29-45(21-11-7-5-2)37-41-57-48-27-17-16-26-47(48)56-50(54)35-31-43-24-14-9-15-25-43/h42-48,52H,4-41H2,1-3H3. The van der Waals surface area contributed by atoms with E-state index in [4.69, 9.17) is 9.47 Å². The molecule has 0 bridgehead atoms. The summed E-state index contributed by atoms with van der Waals surface area (Å²) in [4.78, 5) is 28.3. The van der Waals surface area contributed by atoms with Gasteiger partial charge in [0.05, 0.1) is 6.61 Å². The summed E-state index contributed by atoms with van der Waals surface area (Å²) in [5, 5.41) is 9.98. The van der Waals surface area contributed by atoms with Gasteiger partial charge in [-0.3, -0.25) is 9.59 Å². The zero-order valence-electron chi connectivity index (χ0n) is 37.8. The van der Waals surface area contributed by atoms with E-state index in [1.807, 2.05) is 0 Å². The van der Waals surface area contributed by atoms with Gasteiger partial charge in [-0.1, -0.05) is 136 Å². The number of carbonyl (C=O) groups excluding carboxylic acids is 2. The molecule has 3 rings (SSSR count). The maximum Gasteiger partial charge on any atom is 0.306 e. The van der Waals surface area contributed by atoms with Crippen molar-refractivity contribution in [3.63, 3.8) is 0 Å². The van der Waals surface area contributed by atoms with Crippen LogP contribution in [-0.4, -0.2) is 71.9 Å². The first-order valence-electron chi connectivity index (χ1n) is 25.2. The van der Waals surface area contributed by atoms with Crippen LogP contribution in [0.5, 0.6) is 0 Å². The molecule has 0 heterocycles. The third-order valence-electron chi connectivity index (χ3n) is 14.3. The Kier molecular flexibility index (Phi) is 29.2. The first-order valence-corrected chi connectivity index (χ1v) is 26.2. The lowest BCUT2D eigenvalue weighted by molar-refractivity contribution is -0.150. The van der Waals surface area contributed by atoms with Gasteiger partial charge in [-0.25, -0.2) is 0 Å². The van der Waals surface area contributed by atoms with E-state index in [9.17, 15) is 14.7 Å². The van der Waals surface area contributed by atoms with E-state index in [1.54, 1.807) is 0 Å². The molecule has 0 amide bonds. The summed E-state index contributed by atoms with van der Waals surface area (Å²) in [6.07, 6.45) is 40.6. The van der Waals surface area contributed by atoms with Crippen molar-refractivity contribution < 1.29 is 24.2 Å². The molecular formula is C50H93NO5S. The Balaban J connectivity index is 1.51. The van der Waals surface area contributed by atoms with Gasteiger partial charge in [0.25, 0.3) is 0 Å². The molecule has 6 nitrogen and oxygen atoms in total. The van der Waals surface area contributed by atoms with E-state index in [2.05, 4.69) is 37.6 Å². The number of aliphatic hydroxyl groups excluding tert-OH is 1. The summed E-state index contributed by atoms with van der Waals surface area (Å²) >= 11 is 2.11. The molecular weight excluding hydrogens is 727 g/mol. The fourth-order valence-electron chi connectivity index (χ4n) is 10.3. The molecule has 3 fully saturated rings. The molecule has 5 atom stereocenters. The van der Waals surface area contributed by atoms with Crippen molar-refractivity contribution in [2.45, 2.75) is 250 Å².